The van der Waals surface area contributed by atoms with Gasteiger partial charge >= 0.3 is 5.97 Å². The molecule has 0 amide bonds. The van der Waals surface area contributed by atoms with Crippen molar-refractivity contribution in [2.24, 2.45) is 5.92 Å². The molecule has 1 N–H and O–H groups in total. The molecule has 0 aromatic heterocycles. The van der Waals surface area contributed by atoms with E-state index < -0.39 is 5.97 Å². The van der Waals surface area contributed by atoms with Crippen LogP contribution in [0.5, 0.6) is 5.75 Å². The normalized spacial score (nSPS) is 25.6. The molecule has 2 unspecified atom stereocenters. The lowest BCUT2D eigenvalue weighted by molar-refractivity contribution is -0.138. The fraction of sp³-hybridized carbons (Fsp3) is 0.588. The third kappa shape index (κ3) is 3.05. The Labute approximate surface area is 125 Å². The molecule has 114 valence electrons. The highest BCUT2D eigenvalue weighted by Gasteiger charge is 2.32. The van der Waals surface area contributed by atoms with Crippen LogP contribution in [0.3, 0.4) is 0 Å². The maximum atomic E-state index is 10.9. The highest BCUT2D eigenvalue weighted by molar-refractivity contribution is 5.67. The van der Waals surface area contributed by atoms with Gasteiger partial charge in [0.2, 0.25) is 0 Å². The van der Waals surface area contributed by atoms with Gasteiger partial charge in [0, 0.05) is 19.0 Å². The van der Waals surface area contributed by atoms with E-state index >= 15 is 0 Å². The van der Waals surface area contributed by atoms with Crippen LogP contribution < -0.4 is 4.74 Å². The van der Waals surface area contributed by atoms with Crippen LogP contribution in [0.15, 0.2) is 18.2 Å². The van der Waals surface area contributed by atoms with Crippen LogP contribution in [-0.4, -0.2) is 36.2 Å². The van der Waals surface area contributed by atoms with Crippen molar-refractivity contribution in [1.29, 1.82) is 0 Å². The number of nitrogens with zero attached hydrogens (tertiary/aromatic N) is 1. The zero-order valence-electron chi connectivity index (χ0n) is 12.5. The number of ether oxygens (including phenoxy) is 1. The van der Waals surface area contributed by atoms with Gasteiger partial charge < -0.3 is 9.84 Å². The first-order valence-electron chi connectivity index (χ1n) is 7.80. The van der Waals surface area contributed by atoms with E-state index in [1.807, 2.05) is 6.07 Å². The number of aryl methyl sites for hydroxylation is 1. The van der Waals surface area contributed by atoms with E-state index in [9.17, 15) is 4.79 Å². The van der Waals surface area contributed by atoms with Crippen molar-refractivity contribution in [2.75, 3.05) is 20.2 Å². The summed E-state index contributed by atoms with van der Waals surface area (Å²) in [5.74, 6) is 0.549. The highest BCUT2D eigenvalue weighted by Crippen LogP contribution is 2.39. The lowest BCUT2D eigenvalue weighted by Crippen LogP contribution is -2.29. The van der Waals surface area contributed by atoms with Gasteiger partial charge in [-0.25, -0.2) is 0 Å². The Morgan fingerprint density at radius 1 is 1.43 bits per heavy atom. The lowest BCUT2D eigenvalue weighted by atomic mass is 9.86. The second-order valence-corrected chi connectivity index (χ2v) is 6.22. The van der Waals surface area contributed by atoms with Crippen molar-refractivity contribution in [1.82, 2.24) is 4.90 Å². The Morgan fingerprint density at radius 3 is 3.05 bits per heavy atom. The molecule has 1 aliphatic heterocycles. The van der Waals surface area contributed by atoms with Crippen molar-refractivity contribution in [3.8, 4) is 5.75 Å². The summed E-state index contributed by atoms with van der Waals surface area (Å²) in [6.07, 6.45) is 4.82. The number of hydrogen-bond acceptors (Lipinski definition) is 3. The number of benzene rings is 1. The van der Waals surface area contributed by atoms with Crippen LogP contribution in [0.2, 0.25) is 0 Å². The van der Waals surface area contributed by atoms with Crippen LogP contribution >= 0.6 is 0 Å². The Balaban J connectivity index is 1.77. The summed E-state index contributed by atoms with van der Waals surface area (Å²) < 4.78 is 5.37. The van der Waals surface area contributed by atoms with Gasteiger partial charge in [-0.15, -0.1) is 0 Å². The van der Waals surface area contributed by atoms with E-state index in [0.717, 1.165) is 31.7 Å². The van der Waals surface area contributed by atoms with Gasteiger partial charge in [-0.1, -0.05) is 6.07 Å². The number of carboxylic acids is 1. The minimum absolute atomic E-state index is 0.300. The minimum Gasteiger partial charge on any atom is -0.497 e. The molecule has 4 heteroatoms. The maximum absolute atomic E-state index is 10.9. The molecule has 0 bridgehead atoms. The zero-order valence-corrected chi connectivity index (χ0v) is 12.5. The van der Waals surface area contributed by atoms with Gasteiger partial charge in [0.1, 0.15) is 5.75 Å². The Morgan fingerprint density at radius 2 is 2.29 bits per heavy atom. The summed E-state index contributed by atoms with van der Waals surface area (Å²) in [4.78, 5) is 13.4. The minimum atomic E-state index is -0.674. The Kier molecular flexibility index (Phi) is 4.15. The lowest BCUT2D eigenvalue weighted by Gasteiger charge is -2.33. The molecule has 4 nitrogen and oxygen atoms in total. The van der Waals surface area contributed by atoms with Crippen LogP contribution in [0, 0.1) is 5.92 Å². The molecule has 21 heavy (non-hydrogen) atoms. The largest absolute Gasteiger partial charge is 0.497 e. The third-order valence-corrected chi connectivity index (χ3v) is 4.86. The molecule has 1 saturated heterocycles. The molecule has 2 aliphatic rings. The van der Waals surface area contributed by atoms with Crippen LogP contribution in [0.25, 0.3) is 0 Å². The predicted octanol–water partition coefficient (Wildman–Crippen LogP) is 2.87. The number of methoxy groups -OCH3 is 1. The summed E-state index contributed by atoms with van der Waals surface area (Å²) in [7, 11) is 1.71. The molecular formula is C17H23NO3. The molecule has 1 aromatic rings. The average molecular weight is 289 g/mol. The number of carbonyl (C=O) groups is 1. The summed E-state index contributed by atoms with van der Waals surface area (Å²) in [6.45, 7) is 1.92. The second kappa shape index (κ2) is 6.06. The monoisotopic (exact) mass is 289 g/mol. The van der Waals surface area contributed by atoms with Crippen LogP contribution in [0.1, 0.15) is 42.9 Å². The Bertz CT molecular complexity index is 529. The van der Waals surface area contributed by atoms with E-state index in [4.69, 9.17) is 9.84 Å². The first kappa shape index (κ1) is 14.4. The summed E-state index contributed by atoms with van der Waals surface area (Å²) >= 11 is 0. The topological polar surface area (TPSA) is 49.8 Å². The second-order valence-electron chi connectivity index (χ2n) is 6.22. The van der Waals surface area contributed by atoms with Gasteiger partial charge in [-0.05, 0) is 61.4 Å². The zero-order chi connectivity index (χ0) is 14.8. The van der Waals surface area contributed by atoms with Gasteiger partial charge in [-0.3, -0.25) is 9.69 Å². The standard InChI is InChI=1S/C17H23NO3/c1-21-14-6-5-13-3-2-4-16(15(13)10-14)18-8-7-12(11-18)9-17(19)20/h5-6,10,12,16H,2-4,7-9,11H2,1H3,(H,19,20). The molecule has 1 aromatic carbocycles. The van der Waals surface area contributed by atoms with Crippen molar-refractivity contribution < 1.29 is 14.6 Å². The highest BCUT2D eigenvalue weighted by atomic mass is 16.5. The first-order valence-corrected chi connectivity index (χ1v) is 7.80. The molecular weight excluding hydrogens is 266 g/mol. The molecule has 0 saturated carbocycles. The van der Waals surface area contributed by atoms with Crippen LogP contribution in [-0.2, 0) is 11.2 Å². The van der Waals surface area contributed by atoms with Crippen molar-refractivity contribution in [2.45, 2.75) is 38.1 Å². The Hall–Kier alpha value is -1.55. The van der Waals surface area contributed by atoms with Crippen molar-refractivity contribution in [3.05, 3.63) is 29.3 Å². The summed E-state index contributed by atoms with van der Waals surface area (Å²) in [5.41, 5.74) is 2.81. The molecule has 1 aliphatic carbocycles. The third-order valence-electron chi connectivity index (χ3n) is 4.86. The fourth-order valence-electron chi connectivity index (χ4n) is 3.82. The average Bonchev–Trinajstić information content (AvgIpc) is 2.93. The van der Waals surface area contributed by atoms with Gasteiger partial charge in [-0.2, -0.15) is 0 Å². The predicted molar refractivity (Wildman–Crippen MR) is 80.6 cm³/mol. The molecule has 1 fully saturated rings. The van der Waals surface area contributed by atoms with E-state index in [1.165, 1.54) is 24.0 Å². The number of rotatable bonds is 4. The number of carboxylic acid groups (broad SMARTS) is 1. The van der Waals surface area contributed by atoms with Crippen molar-refractivity contribution >= 4 is 5.97 Å². The van der Waals surface area contributed by atoms with E-state index in [2.05, 4.69) is 17.0 Å². The number of hydrogen-bond donors (Lipinski definition) is 1. The van der Waals surface area contributed by atoms with Crippen LogP contribution in [0.4, 0.5) is 0 Å². The molecule has 2 atom stereocenters. The first-order chi connectivity index (χ1) is 10.2. The van der Waals surface area contributed by atoms with Crippen molar-refractivity contribution in [3.63, 3.8) is 0 Å². The van der Waals surface area contributed by atoms with E-state index in [1.54, 1.807) is 7.11 Å². The maximum Gasteiger partial charge on any atom is 0.303 e. The number of likely N-dealkylation sites (tertiary alicyclic amines) is 1. The summed E-state index contributed by atoms with van der Waals surface area (Å²) in [6, 6.07) is 6.83. The SMILES string of the molecule is COc1ccc2c(c1)C(N1CCC(CC(=O)O)C1)CCC2. The number of fused-ring (bicyclic) bond motifs is 1. The smallest absolute Gasteiger partial charge is 0.303 e. The molecule has 1 heterocycles. The quantitative estimate of drug-likeness (QED) is 0.926. The fourth-order valence-corrected chi connectivity index (χ4v) is 3.82. The molecule has 0 radical (unpaired) electrons. The van der Waals surface area contributed by atoms with E-state index in [0.29, 0.717) is 18.4 Å². The number of aliphatic carboxylic acids is 1. The van der Waals surface area contributed by atoms with E-state index in [-0.39, 0.29) is 0 Å². The van der Waals surface area contributed by atoms with Gasteiger partial charge in [0.25, 0.3) is 0 Å². The van der Waals surface area contributed by atoms with Gasteiger partial charge in [0.15, 0.2) is 0 Å². The molecule has 3 rings (SSSR count). The van der Waals surface area contributed by atoms with Gasteiger partial charge in [0.05, 0.1) is 7.11 Å². The molecule has 0 spiro atoms. The summed E-state index contributed by atoms with van der Waals surface area (Å²) in [5, 5.41) is 8.96.